The van der Waals surface area contributed by atoms with Crippen LogP contribution in [0.2, 0.25) is 10.0 Å². The number of rotatable bonds is 2. The van der Waals surface area contributed by atoms with Crippen LogP contribution in [0, 0.1) is 6.92 Å². The van der Waals surface area contributed by atoms with Gasteiger partial charge in [0.15, 0.2) is 5.75 Å². The molecule has 6 heteroatoms. The summed E-state index contributed by atoms with van der Waals surface area (Å²) in [6.45, 7) is 1.82. The Morgan fingerprint density at radius 2 is 2.06 bits per heavy atom. The van der Waals surface area contributed by atoms with Crippen LogP contribution in [0.15, 0.2) is 24.4 Å². The summed E-state index contributed by atoms with van der Waals surface area (Å²) in [6.07, 6.45) is 1.67. The molecule has 2 N–H and O–H groups in total. The number of pyridine rings is 2. The fraction of sp³-hybridized carbons (Fsp3) is 0.0909. The van der Waals surface area contributed by atoms with Gasteiger partial charge in [0.25, 0.3) is 0 Å². The molecule has 0 aliphatic rings. The van der Waals surface area contributed by atoms with Crippen molar-refractivity contribution in [3.05, 3.63) is 40.1 Å². The first-order valence-corrected chi connectivity index (χ1v) is 5.54. The minimum absolute atomic E-state index is 0.174. The Labute approximate surface area is 108 Å². The summed E-state index contributed by atoms with van der Waals surface area (Å²) >= 11 is 11.7. The summed E-state index contributed by atoms with van der Waals surface area (Å²) in [6, 6.07) is 5.02. The maximum Gasteiger partial charge on any atom is 0.240 e. The number of nitrogens with zero attached hydrogens (tertiary/aromatic N) is 2. The first-order chi connectivity index (χ1) is 8.08. The Morgan fingerprint density at radius 1 is 1.29 bits per heavy atom. The van der Waals surface area contributed by atoms with E-state index in [1.165, 1.54) is 6.07 Å². The first-order valence-electron chi connectivity index (χ1n) is 4.79. The molecule has 0 atom stereocenters. The Kier molecular flexibility index (Phi) is 3.36. The lowest BCUT2D eigenvalue weighted by Crippen LogP contribution is -1.97. The number of aromatic nitrogens is 2. The quantitative estimate of drug-likeness (QED) is 0.907. The van der Waals surface area contributed by atoms with E-state index >= 15 is 0 Å². The monoisotopic (exact) mass is 269 g/mol. The van der Waals surface area contributed by atoms with Crippen LogP contribution in [-0.4, -0.2) is 9.97 Å². The summed E-state index contributed by atoms with van der Waals surface area (Å²) in [5, 5.41) is 0.595. The van der Waals surface area contributed by atoms with Gasteiger partial charge in [-0.2, -0.15) is 4.98 Å². The molecule has 0 aliphatic carbocycles. The number of nitrogens with two attached hydrogens (primary N) is 1. The fourth-order valence-electron chi connectivity index (χ4n) is 1.22. The Bertz CT molecular complexity index is 560. The number of hydrogen-bond donors (Lipinski definition) is 1. The van der Waals surface area contributed by atoms with Crippen molar-refractivity contribution in [2.45, 2.75) is 6.92 Å². The van der Waals surface area contributed by atoms with Crippen molar-refractivity contribution >= 4 is 29.0 Å². The van der Waals surface area contributed by atoms with Crippen LogP contribution in [0.4, 0.5) is 5.82 Å². The summed E-state index contributed by atoms with van der Waals surface area (Å²) in [5.41, 5.74) is 6.32. The number of aryl methyl sites for hydroxylation is 1. The van der Waals surface area contributed by atoms with Gasteiger partial charge < -0.3 is 10.5 Å². The third-order valence-electron chi connectivity index (χ3n) is 2.09. The Morgan fingerprint density at radius 3 is 2.76 bits per heavy atom. The van der Waals surface area contributed by atoms with Crippen molar-refractivity contribution in [3.63, 3.8) is 0 Å². The molecular formula is C11H9Cl2N3O. The van der Waals surface area contributed by atoms with Gasteiger partial charge >= 0.3 is 0 Å². The maximum absolute atomic E-state index is 5.96. The predicted molar refractivity (Wildman–Crippen MR) is 67.7 cm³/mol. The Balaban J connectivity index is 2.37. The van der Waals surface area contributed by atoms with Crippen molar-refractivity contribution in [2.24, 2.45) is 0 Å². The van der Waals surface area contributed by atoms with E-state index in [9.17, 15) is 0 Å². The van der Waals surface area contributed by atoms with E-state index in [1.54, 1.807) is 18.3 Å². The lowest BCUT2D eigenvalue weighted by Gasteiger charge is -2.09. The van der Waals surface area contributed by atoms with E-state index in [4.69, 9.17) is 33.7 Å². The van der Waals surface area contributed by atoms with Gasteiger partial charge in [-0.05, 0) is 25.1 Å². The topological polar surface area (TPSA) is 61.0 Å². The highest BCUT2D eigenvalue weighted by atomic mass is 35.5. The van der Waals surface area contributed by atoms with E-state index in [2.05, 4.69) is 9.97 Å². The Hall–Kier alpha value is -1.52. The number of hydrogen-bond acceptors (Lipinski definition) is 4. The van der Waals surface area contributed by atoms with Crippen molar-refractivity contribution < 1.29 is 4.74 Å². The number of halogens is 2. The molecule has 0 bridgehead atoms. The minimum atomic E-state index is 0.174. The molecule has 2 aromatic rings. The second-order valence-corrected chi connectivity index (χ2v) is 4.15. The molecule has 0 aromatic carbocycles. The maximum atomic E-state index is 5.96. The van der Waals surface area contributed by atoms with Gasteiger partial charge in [0.05, 0.1) is 10.7 Å². The highest BCUT2D eigenvalue weighted by molar-refractivity contribution is 6.36. The SMILES string of the molecule is Cc1ncccc1Oc1nc(N)c(Cl)cc1Cl. The molecule has 0 unspecified atom stereocenters. The molecule has 0 saturated heterocycles. The summed E-state index contributed by atoms with van der Waals surface area (Å²) < 4.78 is 5.53. The second-order valence-electron chi connectivity index (χ2n) is 3.33. The third kappa shape index (κ3) is 2.60. The summed E-state index contributed by atoms with van der Waals surface area (Å²) in [5.74, 6) is 0.959. The molecule has 2 aromatic heterocycles. The lowest BCUT2D eigenvalue weighted by molar-refractivity contribution is 0.458. The smallest absolute Gasteiger partial charge is 0.240 e. The molecule has 0 spiro atoms. The van der Waals surface area contributed by atoms with E-state index in [1.807, 2.05) is 6.92 Å². The van der Waals surface area contributed by atoms with E-state index in [-0.39, 0.29) is 11.7 Å². The van der Waals surface area contributed by atoms with Gasteiger partial charge in [0.2, 0.25) is 5.88 Å². The van der Waals surface area contributed by atoms with E-state index < -0.39 is 0 Å². The van der Waals surface area contributed by atoms with Gasteiger partial charge in [-0.25, -0.2) is 0 Å². The van der Waals surface area contributed by atoms with E-state index in [0.29, 0.717) is 15.8 Å². The van der Waals surface area contributed by atoms with Gasteiger partial charge in [-0.3, -0.25) is 4.98 Å². The lowest BCUT2D eigenvalue weighted by atomic mass is 10.3. The average molecular weight is 270 g/mol. The summed E-state index contributed by atoms with van der Waals surface area (Å²) in [4.78, 5) is 8.06. The molecule has 0 amide bonds. The molecule has 2 heterocycles. The second kappa shape index (κ2) is 4.77. The van der Waals surface area contributed by atoms with Crippen LogP contribution in [0.3, 0.4) is 0 Å². The molecule has 0 fully saturated rings. The summed E-state index contributed by atoms with van der Waals surface area (Å²) in [7, 11) is 0. The normalized spacial score (nSPS) is 10.3. The number of nitrogen functional groups attached to an aromatic ring is 1. The zero-order valence-electron chi connectivity index (χ0n) is 8.95. The molecule has 0 saturated carbocycles. The standard InChI is InChI=1S/C11H9Cl2N3O/c1-6-9(3-2-4-15-6)17-11-8(13)5-7(12)10(14)16-11/h2-5H,1H3,(H2,14,16). The van der Waals surface area contributed by atoms with Gasteiger partial charge in [0.1, 0.15) is 10.8 Å². The molecule has 17 heavy (non-hydrogen) atoms. The zero-order chi connectivity index (χ0) is 12.4. The van der Waals surface area contributed by atoms with Crippen LogP contribution in [0.5, 0.6) is 11.6 Å². The average Bonchev–Trinajstić information content (AvgIpc) is 2.29. The van der Waals surface area contributed by atoms with Crippen molar-refractivity contribution in [1.82, 2.24) is 9.97 Å². The molecule has 4 nitrogen and oxygen atoms in total. The van der Waals surface area contributed by atoms with Crippen molar-refractivity contribution in [3.8, 4) is 11.6 Å². The molecule has 0 aliphatic heterocycles. The molecule has 88 valence electrons. The van der Waals surface area contributed by atoms with Gasteiger partial charge in [0, 0.05) is 6.20 Å². The van der Waals surface area contributed by atoms with Crippen LogP contribution in [-0.2, 0) is 0 Å². The van der Waals surface area contributed by atoms with Crippen LogP contribution in [0.25, 0.3) is 0 Å². The zero-order valence-corrected chi connectivity index (χ0v) is 10.5. The molecular weight excluding hydrogens is 261 g/mol. The highest BCUT2D eigenvalue weighted by Gasteiger charge is 2.10. The van der Waals surface area contributed by atoms with Crippen molar-refractivity contribution in [2.75, 3.05) is 5.73 Å². The first kappa shape index (κ1) is 12.0. The van der Waals surface area contributed by atoms with Gasteiger partial charge in [-0.15, -0.1) is 0 Å². The molecule has 0 radical (unpaired) electrons. The van der Waals surface area contributed by atoms with Crippen LogP contribution in [0.1, 0.15) is 5.69 Å². The van der Waals surface area contributed by atoms with Crippen LogP contribution < -0.4 is 10.5 Å². The van der Waals surface area contributed by atoms with E-state index in [0.717, 1.165) is 5.69 Å². The number of ether oxygens (including phenoxy) is 1. The van der Waals surface area contributed by atoms with Crippen molar-refractivity contribution in [1.29, 1.82) is 0 Å². The number of anilines is 1. The van der Waals surface area contributed by atoms with Crippen LogP contribution >= 0.6 is 23.2 Å². The molecule has 2 rings (SSSR count). The van der Waals surface area contributed by atoms with Gasteiger partial charge in [-0.1, -0.05) is 23.2 Å². The minimum Gasteiger partial charge on any atom is -0.436 e. The third-order valence-corrected chi connectivity index (χ3v) is 2.66. The fourth-order valence-corrected chi connectivity index (χ4v) is 1.61. The highest BCUT2D eigenvalue weighted by Crippen LogP contribution is 2.32. The largest absolute Gasteiger partial charge is 0.436 e. The predicted octanol–water partition coefficient (Wildman–Crippen LogP) is 3.47.